The molecule has 2 heterocycles. The number of aliphatic imine (C=N–C) groups is 2. The molecule has 0 radical (unpaired) electrons. The van der Waals surface area contributed by atoms with Crippen LogP contribution in [0.2, 0.25) is 0 Å². The van der Waals surface area contributed by atoms with Crippen LogP contribution in [-0.2, 0) is 30.8 Å². The highest BCUT2D eigenvalue weighted by atomic mass is 32.2. The molecule has 2 amide bonds. The van der Waals surface area contributed by atoms with Gasteiger partial charge in [-0.05, 0) is 5.16 Å². The van der Waals surface area contributed by atoms with Crippen molar-refractivity contribution in [2.75, 3.05) is 20.3 Å². The van der Waals surface area contributed by atoms with Gasteiger partial charge in [0.15, 0.2) is 6.61 Å². The number of hydrogen-bond donors (Lipinski definition) is 3. The Balaban J connectivity index is 2.21. The molecule has 0 saturated carbocycles. The second-order valence-electron chi connectivity index (χ2n) is 5.88. The molecule has 31 heavy (non-hydrogen) atoms. The minimum absolute atomic E-state index is 0.0337. The first-order chi connectivity index (χ1) is 14.7. The standard InChI is InChI=1S/C17H24N6O7S/c1-5-12-14(11(9-29-12)15-22-30-8-7-28-15)31(25,26)23-17(24)20-10(3)19-13(6-2)21-16(18)27-4/h9H,3,5-8H2,1-2,4H3,(H2,18,19,21)(H2,20,23,24). The highest BCUT2D eigenvalue weighted by Crippen LogP contribution is 2.25. The Morgan fingerprint density at radius 1 is 1.35 bits per heavy atom. The van der Waals surface area contributed by atoms with Crippen LogP contribution < -0.4 is 15.8 Å². The Labute approximate surface area is 179 Å². The van der Waals surface area contributed by atoms with Gasteiger partial charge in [0.25, 0.3) is 21.9 Å². The maximum Gasteiger partial charge on any atom is 0.334 e. The summed E-state index contributed by atoms with van der Waals surface area (Å²) in [6.45, 7) is 7.41. The molecule has 0 aromatic carbocycles. The lowest BCUT2D eigenvalue weighted by atomic mass is 10.2. The minimum atomic E-state index is -4.37. The predicted octanol–water partition coefficient (Wildman–Crippen LogP) is 0.779. The monoisotopic (exact) mass is 456 g/mol. The maximum atomic E-state index is 12.9. The molecule has 0 fully saturated rings. The molecule has 0 aliphatic carbocycles. The summed E-state index contributed by atoms with van der Waals surface area (Å²) in [5.41, 5.74) is 5.50. The lowest BCUT2D eigenvalue weighted by Gasteiger charge is -2.14. The summed E-state index contributed by atoms with van der Waals surface area (Å²) in [7, 11) is -3.04. The number of amides is 2. The zero-order valence-corrected chi connectivity index (χ0v) is 18.1. The number of methoxy groups -OCH3 is 1. The quantitative estimate of drug-likeness (QED) is 0.397. The van der Waals surface area contributed by atoms with Gasteiger partial charge in [0.1, 0.15) is 35.2 Å². The molecule has 0 atom stereocenters. The van der Waals surface area contributed by atoms with Gasteiger partial charge in [0.05, 0.1) is 12.7 Å². The van der Waals surface area contributed by atoms with Crippen LogP contribution in [0.3, 0.4) is 0 Å². The number of urea groups is 1. The number of furan rings is 1. The minimum Gasteiger partial charge on any atom is -0.471 e. The van der Waals surface area contributed by atoms with E-state index in [1.54, 1.807) is 13.8 Å². The van der Waals surface area contributed by atoms with Crippen LogP contribution in [-0.4, -0.2) is 52.5 Å². The Hall–Kier alpha value is -3.55. The first kappa shape index (κ1) is 23.7. The fraction of sp³-hybridized carbons (Fsp3) is 0.412. The Morgan fingerprint density at radius 3 is 2.68 bits per heavy atom. The van der Waals surface area contributed by atoms with Crippen LogP contribution in [0.4, 0.5) is 4.79 Å². The molecular weight excluding hydrogens is 432 g/mol. The van der Waals surface area contributed by atoms with Crippen molar-refractivity contribution in [2.24, 2.45) is 20.9 Å². The summed E-state index contributed by atoms with van der Waals surface area (Å²) in [5, 5.41) is 5.91. The second-order valence-corrected chi connectivity index (χ2v) is 7.49. The molecule has 4 N–H and O–H groups in total. The highest BCUT2D eigenvalue weighted by molar-refractivity contribution is 7.90. The third-order valence-electron chi connectivity index (χ3n) is 3.71. The summed E-state index contributed by atoms with van der Waals surface area (Å²) < 4.78 is 43.0. The molecule has 0 spiro atoms. The summed E-state index contributed by atoms with van der Waals surface area (Å²) in [5.74, 6) is 0.103. The van der Waals surface area contributed by atoms with Crippen molar-refractivity contribution in [3.8, 4) is 0 Å². The number of sulfonamides is 1. The largest absolute Gasteiger partial charge is 0.471 e. The van der Waals surface area contributed by atoms with E-state index in [-0.39, 0.29) is 59.4 Å². The number of carbonyl (C=O) groups is 1. The van der Waals surface area contributed by atoms with Crippen LogP contribution in [0.15, 0.2) is 43.1 Å². The number of amidine groups is 2. The molecule has 1 aliphatic rings. The molecule has 13 nitrogen and oxygen atoms in total. The van der Waals surface area contributed by atoms with E-state index < -0.39 is 16.1 Å². The third-order valence-corrected chi connectivity index (χ3v) is 5.15. The summed E-state index contributed by atoms with van der Waals surface area (Å²) in [4.78, 5) is 24.8. The zero-order chi connectivity index (χ0) is 23.0. The molecule has 2 rings (SSSR count). The van der Waals surface area contributed by atoms with E-state index >= 15 is 0 Å². The van der Waals surface area contributed by atoms with E-state index in [0.717, 1.165) is 0 Å². The van der Waals surface area contributed by atoms with Crippen molar-refractivity contribution in [3.63, 3.8) is 0 Å². The summed E-state index contributed by atoms with van der Waals surface area (Å²) in [6.07, 6.45) is 1.77. The van der Waals surface area contributed by atoms with E-state index in [9.17, 15) is 13.2 Å². The number of rotatable bonds is 7. The van der Waals surface area contributed by atoms with Crippen LogP contribution in [0, 0.1) is 0 Å². The lowest BCUT2D eigenvalue weighted by molar-refractivity contribution is 0.0653. The molecule has 0 bridgehead atoms. The van der Waals surface area contributed by atoms with E-state index in [0.29, 0.717) is 6.42 Å². The normalized spacial score (nSPS) is 14.7. The number of nitrogens with zero attached hydrogens (tertiary/aromatic N) is 3. The number of nitrogens with one attached hydrogen (secondary N) is 2. The van der Waals surface area contributed by atoms with Crippen molar-refractivity contribution in [1.82, 2.24) is 10.0 Å². The number of hydrogen-bond acceptors (Lipinski definition) is 9. The molecular formula is C17H24N6O7S. The summed E-state index contributed by atoms with van der Waals surface area (Å²) >= 11 is 0. The molecule has 1 aromatic rings. The SMILES string of the molecule is C=C(N=C(CC)N=C(N)OC)NC(=O)NS(=O)(=O)c1c(C2=NOCCO2)coc1CC. The molecule has 0 unspecified atom stereocenters. The van der Waals surface area contributed by atoms with E-state index in [1.165, 1.54) is 13.4 Å². The fourth-order valence-corrected chi connectivity index (χ4v) is 3.69. The molecule has 14 heteroatoms. The third kappa shape index (κ3) is 6.21. The fourth-order valence-electron chi connectivity index (χ4n) is 2.38. The first-order valence-electron chi connectivity index (χ1n) is 9.13. The van der Waals surface area contributed by atoms with Gasteiger partial charge in [-0.15, -0.1) is 0 Å². The van der Waals surface area contributed by atoms with Crippen molar-refractivity contribution in [1.29, 1.82) is 0 Å². The van der Waals surface area contributed by atoms with Crippen LogP contribution in [0.1, 0.15) is 31.6 Å². The number of nitrogens with two attached hydrogens (primary N) is 1. The van der Waals surface area contributed by atoms with E-state index in [1.807, 2.05) is 4.72 Å². The number of aryl methyl sites for hydroxylation is 1. The molecule has 170 valence electrons. The first-order valence-corrected chi connectivity index (χ1v) is 10.6. The van der Waals surface area contributed by atoms with E-state index in [4.69, 9.17) is 24.5 Å². The topological polar surface area (TPSA) is 179 Å². The van der Waals surface area contributed by atoms with Crippen molar-refractivity contribution < 1.29 is 31.9 Å². The number of oxime groups is 1. The zero-order valence-electron chi connectivity index (χ0n) is 17.3. The molecule has 1 aromatic heterocycles. The maximum absolute atomic E-state index is 12.9. The van der Waals surface area contributed by atoms with Crippen LogP contribution >= 0.6 is 0 Å². The Kier molecular flexibility index (Phi) is 8.01. The van der Waals surface area contributed by atoms with Gasteiger partial charge < -0.3 is 24.5 Å². The Bertz CT molecular complexity index is 1030. The van der Waals surface area contributed by atoms with Gasteiger partial charge in [-0.1, -0.05) is 20.4 Å². The lowest BCUT2D eigenvalue weighted by Crippen LogP contribution is -2.39. The second kappa shape index (κ2) is 10.5. The van der Waals surface area contributed by atoms with Gasteiger partial charge in [-0.3, -0.25) is 5.32 Å². The average Bonchev–Trinajstić information content (AvgIpc) is 3.18. The van der Waals surface area contributed by atoms with Crippen LogP contribution in [0.25, 0.3) is 0 Å². The van der Waals surface area contributed by atoms with Gasteiger partial charge in [-0.25, -0.2) is 22.9 Å². The molecule has 1 aliphatic heterocycles. The number of carbonyl (C=O) groups excluding carboxylic acids is 1. The van der Waals surface area contributed by atoms with Gasteiger partial charge in [-0.2, -0.15) is 4.99 Å². The van der Waals surface area contributed by atoms with Gasteiger partial charge in [0, 0.05) is 12.8 Å². The average molecular weight is 456 g/mol. The van der Waals surface area contributed by atoms with Crippen LogP contribution in [0.5, 0.6) is 0 Å². The van der Waals surface area contributed by atoms with E-state index in [2.05, 4.69) is 27.0 Å². The van der Waals surface area contributed by atoms with Gasteiger partial charge in [0.2, 0.25) is 0 Å². The van der Waals surface area contributed by atoms with Crippen molar-refractivity contribution >= 4 is 33.8 Å². The van der Waals surface area contributed by atoms with Crippen molar-refractivity contribution in [2.45, 2.75) is 31.6 Å². The van der Waals surface area contributed by atoms with Crippen molar-refractivity contribution in [3.05, 3.63) is 30.0 Å². The van der Waals surface area contributed by atoms with Gasteiger partial charge >= 0.3 is 6.03 Å². The molecule has 0 saturated heterocycles. The summed E-state index contributed by atoms with van der Waals surface area (Å²) in [6, 6.07) is -1.22. The predicted molar refractivity (Wildman–Crippen MR) is 111 cm³/mol. The number of ether oxygens (including phenoxy) is 2. The Morgan fingerprint density at radius 2 is 2.10 bits per heavy atom. The smallest absolute Gasteiger partial charge is 0.334 e. The highest BCUT2D eigenvalue weighted by Gasteiger charge is 2.31.